The van der Waals surface area contributed by atoms with Gasteiger partial charge >= 0.3 is 0 Å². The molecule has 2 aliphatic rings. The fraction of sp³-hybridized carbons (Fsp3) is 0.800. The van der Waals surface area contributed by atoms with Gasteiger partial charge in [0.15, 0.2) is 0 Å². The van der Waals surface area contributed by atoms with Crippen LogP contribution in [-0.4, -0.2) is 36.5 Å². The van der Waals surface area contributed by atoms with Crippen LogP contribution < -0.4 is 5.32 Å². The molecule has 0 aromatic carbocycles. The first-order valence-corrected chi connectivity index (χ1v) is 7.47. The molecule has 1 amide bonds. The second kappa shape index (κ2) is 6.93. The van der Waals surface area contributed by atoms with Crippen LogP contribution in [0.2, 0.25) is 0 Å². The molecule has 102 valence electrons. The van der Waals surface area contributed by atoms with E-state index in [9.17, 15) is 4.79 Å². The van der Waals surface area contributed by atoms with E-state index >= 15 is 0 Å². The molecule has 2 rings (SSSR count). The predicted molar refractivity (Wildman–Crippen MR) is 74.4 cm³/mol. The van der Waals surface area contributed by atoms with Gasteiger partial charge in [-0.15, -0.1) is 0 Å². The molecule has 0 spiro atoms. The van der Waals surface area contributed by atoms with Gasteiger partial charge in [-0.25, -0.2) is 0 Å². The Balaban J connectivity index is 1.82. The van der Waals surface area contributed by atoms with Crippen LogP contribution >= 0.6 is 0 Å². The summed E-state index contributed by atoms with van der Waals surface area (Å²) >= 11 is 0. The summed E-state index contributed by atoms with van der Waals surface area (Å²) in [5.41, 5.74) is 0. The normalized spacial score (nSPS) is 26.7. The van der Waals surface area contributed by atoms with Gasteiger partial charge in [0.25, 0.3) is 0 Å². The van der Waals surface area contributed by atoms with Gasteiger partial charge in [-0.3, -0.25) is 4.79 Å². The maximum Gasteiger partial charge on any atom is 0.223 e. The van der Waals surface area contributed by atoms with Gasteiger partial charge in [0.05, 0.1) is 0 Å². The zero-order valence-corrected chi connectivity index (χ0v) is 11.5. The summed E-state index contributed by atoms with van der Waals surface area (Å²) in [7, 11) is 0. The molecule has 2 unspecified atom stereocenters. The van der Waals surface area contributed by atoms with Crippen molar-refractivity contribution in [3.05, 3.63) is 12.2 Å². The molecule has 1 fully saturated rings. The molecule has 0 aromatic heterocycles. The molecule has 3 heteroatoms. The number of rotatable bonds is 6. The lowest BCUT2D eigenvalue weighted by Gasteiger charge is -2.26. The molecular weight excluding hydrogens is 224 g/mol. The highest BCUT2D eigenvalue weighted by atomic mass is 16.2. The largest absolute Gasteiger partial charge is 0.341 e. The molecule has 1 heterocycles. The molecule has 0 saturated carbocycles. The Morgan fingerprint density at radius 2 is 2.33 bits per heavy atom. The molecule has 0 aromatic rings. The number of carbonyl (C=O) groups excluding carboxylic acids is 1. The first-order valence-electron chi connectivity index (χ1n) is 7.47. The standard InChI is InChI=1S/C15H26N2O/c1-2-10-17(12-14-8-5-9-16-14)15(18)11-13-6-3-4-7-13/h3,6,13-14,16H,2,4-5,7-12H2,1H3. The quantitative estimate of drug-likeness (QED) is 0.734. The number of amides is 1. The van der Waals surface area contributed by atoms with Crippen molar-refractivity contribution in [2.75, 3.05) is 19.6 Å². The Morgan fingerprint density at radius 3 is 2.94 bits per heavy atom. The summed E-state index contributed by atoms with van der Waals surface area (Å²) in [6, 6.07) is 0.527. The van der Waals surface area contributed by atoms with Crippen LogP contribution in [0.15, 0.2) is 12.2 Å². The third-order valence-electron chi connectivity index (χ3n) is 4.00. The van der Waals surface area contributed by atoms with Crippen molar-refractivity contribution in [2.45, 2.75) is 51.5 Å². The van der Waals surface area contributed by atoms with Crippen LogP contribution in [0.5, 0.6) is 0 Å². The lowest BCUT2D eigenvalue weighted by atomic mass is 10.0. The van der Waals surface area contributed by atoms with E-state index in [1.54, 1.807) is 0 Å². The number of hydrogen-bond donors (Lipinski definition) is 1. The zero-order chi connectivity index (χ0) is 12.8. The Labute approximate surface area is 111 Å². The van der Waals surface area contributed by atoms with Crippen LogP contribution in [0.25, 0.3) is 0 Å². The highest BCUT2D eigenvalue weighted by molar-refractivity contribution is 5.76. The van der Waals surface area contributed by atoms with Gasteiger partial charge in [0, 0.05) is 25.6 Å². The van der Waals surface area contributed by atoms with Crippen molar-refractivity contribution >= 4 is 5.91 Å². The highest BCUT2D eigenvalue weighted by Crippen LogP contribution is 2.21. The Morgan fingerprint density at radius 1 is 1.44 bits per heavy atom. The summed E-state index contributed by atoms with van der Waals surface area (Å²) in [5.74, 6) is 0.843. The van der Waals surface area contributed by atoms with Crippen molar-refractivity contribution in [1.82, 2.24) is 10.2 Å². The molecule has 0 radical (unpaired) electrons. The van der Waals surface area contributed by atoms with Crippen molar-refractivity contribution < 1.29 is 4.79 Å². The summed E-state index contributed by atoms with van der Waals surface area (Å²) in [6.07, 6.45) is 11.0. The van der Waals surface area contributed by atoms with E-state index in [4.69, 9.17) is 0 Å². The lowest BCUT2D eigenvalue weighted by Crippen LogP contribution is -2.41. The number of nitrogens with zero attached hydrogens (tertiary/aromatic N) is 1. The minimum absolute atomic E-state index is 0.349. The first kappa shape index (κ1) is 13.6. The van der Waals surface area contributed by atoms with Crippen LogP contribution in [0.3, 0.4) is 0 Å². The average Bonchev–Trinajstić information content (AvgIpc) is 3.01. The van der Waals surface area contributed by atoms with Crippen molar-refractivity contribution in [2.24, 2.45) is 5.92 Å². The molecular formula is C15H26N2O. The fourth-order valence-electron chi connectivity index (χ4n) is 2.98. The van der Waals surface area contributed by atoms with Crippen molar-refractivity contribution in [1.29, 1.82) is 0 Å². The molecule has 1 aliphatic carbocycles. The molecule has 2 atom stereocenters. The van der Waals surface area contributed by atoms with E-state index in [0.717, 1.165) is 38.9 Å². The first-order chi connectivity index (χ1) is 8.79. The summed E-state index contributed by atoms with van der Waals surface area (Å²) in [6.45, 7) is 5.08. The van der Waals surface area contributed by atoms with E-state index in [1.807, 2.05) is 0 Å². The van der Waals surface area contributed by atoms with E-state index in [2.05, 4.69) is 29.3 Å². The third-order valence-corrected chi connectivity index (χ3v) is 4.00. The van der Waals surface area contributed by atoms with E-state index in [-0.39, 0.29) is 0 Å². The van der Waals surface area contributed by atoms with E-state index < -0.39 is 0 Å². The minimum atomic E-state index is 0.349. The van der Waals surface area contributed by atoms with Crippen LogP contribution in [0, 0.1) is 5.92 Å². The summed E-state index contributed by atoms with van der Waals surface area (Å²) < 4.78 is 0. The van der Waals surface area contributed by atoms with Gasteiger partial charge in [0.2, 0.25) is 5.91 Å². The second-order valence-corrected chi connectivity index (χ2v) is 5.60. The lowest BCUT2D eigenvalue weighted by molar-refractivity contribution is -0.132. The summed E-state index contributed by atoms with van der Waals surface area (Å²) in [5, 5.41) is 3.49. The van der Waals surface area contributed by atoms with Crippen LogP contribution in [0.4, 0.5) is 0 Å². The molecule has 1 aliphatic heterocycles. The smallest absolute Gasteiger partial charge is 0.223 e. The second-order valence-electron chi connectivity index (χ2n) is 5.60. The number of allylic oxidation sites excluding steroid dienone is 2. The van der Waals surface area contributed by atoms with Gasteiger partial charge in [-0.1, -0.05) is 19.1 Å². The van der Waals surface area contributed by atoms with E-state index in [0.29, 0.717) is 24.3 Å². The van der Waals surface area contributed by atoms with Crippen LogP contribution in [0.1, 0.15) is 45.4 Å². The molecule has 1 saturated heterocycles. The van der Waals surface area contributed by atoms with Crippen molar-refractivity contribution in [3.8, 4) is 0 Å². The van der Waals surface area contributed by atoms with Gasteiger partial charge in [-0.2, -0.15) is 0 Å². The SMILES string of the molecule is CCCN(CC1CCCN1)C(=O)CC1C=CCC1. The Hall–Kier alpha value is -0.830. The predicted octanol–water partition coefficient (Wildman–Crippen LogP) is 2.33. The maximum absolute atomic E-state index is 12.3. The minimum Gasteiger partial charge on any atom is -0.341 e. The average molecular weight is 250 g/mol. The zero-order valence-electron chi connectivity index (χ0n) is 11.5. The Kier molecular flexibility index (Phi) is 5.24. The molecule has 0 bridgehead atoms. The molecule has 3 nitrogen and oxygen atoms in total. The molecule has 1 N–H and O–H groups in total. The van der Waals surface area contributed by atoms with Crippen molar-refractivity contribution in [3.63, 3.8) is 0 Å². The number of hydrogen-bond acceptors (Lipinski definition) is 2. The number of nitrogens with one attached hydrogen (secondary N) is 1. The number of carbonyl (C=O) groups is 1. The monoisotopic (exact) mass is 250 g/mol. The third kappa shape index (κ3) is 3.84. The highest BCUT2D eigenvalue weighted by Gasteiger charge is 2.23. The summed E-state index contributed by atoms with van der Waals surface area (Å²) in [4.78, 5) is 14.4. The maximum atomic E-state index is 12.3. The van der Waals surface area contributed by atoms with Crippen LogP contribution in [-0.2, 0) is 4.79 Å². The fourth-order valence-corrected chi connectivity index (χ4v) is 2.98. The molecule has 18 heavy (non-hydrogen) atoms. The Bertz CT molecular complexity index is 295. The van der Waals surface area contributed by atoms with Gasteiger partial charge < -0.3 is 10.2 Å². The van der Waals surface area contributed by atoms with E-state index in [1.165, 1.54) is 12.8 Å². The van der Waals surface area contributed by atoms with Gasteiger partial charge in [-0.05, 0) is 44.6 Å². The topological polar surface area (TPSA) is 32.3 Å². The van der Waals surface area contributed by atoms with Gasteiger partial charge in [0.1, 0.15) is 0 Å².